The molecule has 1 aromatic carbocycles. The first-order valence-electron chi connectivity index (χ1n) is 4.71. The molecule has 0 spiro atoms. The van der Waals surface area contributed by atoms with Crippen LogP contribution in [0.3, 0.4) is 0 Å². The van der Waals surface area contributed by atoms with Crippen molar-refractivity contribution < 1.29 is 8.78 Å². The van der Waals surface area contributed by atoms with Gasteiger partial charge in [-0.05, 0) is 12.1 Å². The Hall–Kier alpha value is -1.20. The number of halogens is 3. The Bertz CT molecular complexity index is 537. The van der Waals surface area contributed by atoms with Crippen molar-refractivity contribution in [3.05, 3.63) is 52.8 Å². The Kier molecular flexibility index (Phi) is 3.91. The minimum absolute atomic E-state index is 0.254. The molecule has 0 fully saturated rings. The summed E-state index contributed by atoms with van der Waals surface area (Å²) in [6.07, 6.45) is 1.51. The average molecular weight is 273 g/mol. The number of thioether (sulfide) groups is 1. The Morgan fingerprint density at radius 3 is 2.82 bits per heavy atom. The molecule has 0 radical (unpaired) electrons. The van der Waals surface area contributed by atoms with Crippen LogP contribution < -0.4 is 0 Å². The van der Waals surface area contributed by atoms with Gasteiger partial charge >= 0.3 is 0 Å². The maximum atomic E-state index is 13.3. The minimum atomic E-state index is -0.852. The molecule has 88 valence electrons. The fourth-order valence-corrected chi connectivity index (χ4v) is 2.18. The van der Waals surface area contributed by atoms with Gasteiger partial charge in [-0.3, -0.25) is 0 Å². The van der Waals surface area contributed by atoms with Gasteiger partial charge in [0, 0.05) is 17.5 Å². The topological polar surface area (TPSA) is 25.8 Å². The number of benzene rings is 1. The molecule has 0 N–H and O–H groups in total. The summed E-state index contributed by atoms with van der Waals surface area (Å²) in [5, 5.41) is 0.753. The monoisotopic (exact) mass is 272 g/mol. The third kappa shape index (κ3) is 3.14. The van der Waals surface area contributed by atoms with Crippen LogP contribution in [0, 0.1) is 11.6 Å². The van der Waals surface area contributed by atoms with Gasteiger partial charge in [-0.15, -0.1) is 0 Å². The van der Waals surface area contributed by atoms with Crippen molar-refractivity contribution in [3.8, 4) is 0 Å². The van der Waals surface area contributed by atoms with Gasteiger partial charge in [0.05, 0.1) is 0 Å². The van der Waals surface area contributed by atoms with Gasteiger partial charge in [-0.25, -0.2) is 18.7 Å². The number of nitrogens with zero attached hydrogens (tertiary/aromatic N) is 2. The molecular formula is C11H7ClF2N2S. The third-order valence-electron chi connectivity index (χ3n) is 1.99. The van der Waals surface area contributed by atoms with Gasteiger partial charge in [0.25, 0.3) is 0 Å². The molecule has 6 heteroatoms. The molecule has 0 amide bonds. The summed E-state index contributed by atoms with van der Waals surface area (Å²) >= 11 is 6.88. The first-order valence-corrected chi connectivity index (χ1v) is 6.07. The van der Waals surface area contributed by atoms with E-state index in [4.69, 9.17) is 11.6 Å². The van der Waals surface area contributed by atoms with Gasteiger partial charge in [0.15, 0.2) is 16.8 Å². The molecule has 0 aliphatic heterocycles. The normalized spacial score (nSPS) is 10.5. The minimum Gasteiger partial charge on any atom is -0.231 e. The lowest BCUT2D eigenvalue weighted by molar-refractivity contribution is 0.502. The van der Waals surface area contributed by atoms with Crippen molar-refractivity contribution in [2.45, 2.75) is 10.9 Å². The fraction of sp³-hybridized carbons (Fsp3) is 0.0909. The number of hydrogen-bond acceptors (Lipinski definition) is 3. The zero-order chi connectivity index (χ0) is 12.3. The molecule has 2 aromatic rings. The maximum absolute atomic E-state index is 13.3. The Labute approximate surface area is 106 Å². The van der Waals surface area contributed by atoms with Gasteiger partial charge in [0.2, 0.25) is 0 Å². The van der Waals surface area contributed by atoms with E-state index >= 15 is 0 Å². The summed E-state index contributed by atoms with van der Waals surface area (Å²) in [5.41, 5.74) is 0.276. The first kappa shape index (κ1) is 12.3. The van der Waals surface area contributed by atoms with E-state index in [0.717, 1.165) is 6.07 Å². The van der Waals surface area contributed by atoms with E-state index < -0.39 is 11.6 Å². The van der Waals surface area contributed by atoms with E-state index in [0.29, 0.717) is 10.3 Å². The predicted molar refractivity (Wildman–Crippen MR) is 63.0 cm³/mol. The highest BCUT2D eigenvalue weighted by Gasteiger charge is 2.08. The molecule has 1 aromatic heterocycles. The highest BCUT2D eigenvalue weighted by atomic mass is 35.5. The Morgan fingerprint density at radius 1 is 1.24 bits per heavy atom. The molecule has 0 bridgehead atoms. The van der Waals surface area contributed by atoms with Crippen LogP contribution in [-0.2, 0) is 5.75 Å². The van der Waals surface area contributed by atoms with Crippen LogP contribution in [0.2, 0.25) is 5.15 Å². The highest BCUT2D eigenvalue weighted by Crippen LogP contribution is 2.22. The van der Waals surface area contributed by atoms with E-state index in [2.05, 4.69) is 9.97 Å². The molecular weight excluding hydrogens is 266 g/mol. The van der Waals surface area contributed by atoms with Crippen molar-refractivity contribution in [2.24, 2.45) is 0 Å². The van der Waals surface area contributed by atoms with Gasteiger partial charge in [0.1, 0.15) is 5.15 Å². The third-order valence-corrected chi connectivity index (χ3v) is 3.11. The molecule has 1 heterocycles. The molecule has 0 unspecified atom stereocenters. The van der Waals surface area contributed by atoms with E-state index in [1.165, 1.54) is 30.1 Å². The first-order chi connectivity index (χ1) is 8.16. The lowest BCUT2D eigenvalue weighted by atomic mass is 10.2. The van der Waals surface area contributed by atoms with Crippen LogP contribution in [0.4, 0.5) is 8.78 Å². The molecule has 0 atom stereocenters. The van der Waals surface area contributed by atoms with Crippen LogP contribution >= 0.6 is 23.4 Å². The maximum Gasteiger partial charge on any atom is 0.189 e. The summed E-state index contributed by atoms with van der Waals surface area (Å²) in [6.45, 7) is 0. The zero-order valence-corrected chi connectivity index (χ0v) is 10.1. The van der Waals surface area contributed by atoms with Crippen LogP contribution in [0.15, 0.2) is 35.6 Å². The largest absolute Gasteiger partial charge is 0.231 e. The fourth-order valence-electron chi connectivity index (χ4n) is 1.19. The second-order valence-electron chi connectivity index (χ2n) is 3.16. The molecule has 0 aliphatic rings. The predicted octanol–water partition coefficient (Wildman–Crippen LogP) is 3.70. The quantitative estimate of drug-likeness (QED) is 0.484. The highest BCUT2D eigenvalue weighted by molar-refractivity contribution is 7.98. The van der Waals surface area contributed by atoms with Crippen LogP contribution in [0.25, 0.3) is 0 Å². The van der Waals surface area contributed by atoms with E-state index in [9.17, 15) is 8.78 Å². The van der Waals surface area contributed by atoms with Gasteiger partial charge < -0.3 is 0 Å². The number of hydrogen-bond donors (Lipinski definition) is 0. The van der Waals surface area contributed by atoms with Gasteiger partial charge in [-0.1, -0.05) is 35.5 Å². The smallest absolute Gasteiger partial charge is 0.189 e. The SMILES string of the molecule is Fc1cccc(CSc2nccc(Cl)n2)c1F. The van der Waals surface area contributed by atoms with Crippen LogP contribution in [0.1, 0.15) is 5.56 Å². The lowest BCUT2D eigenvalue weighted by Crippen LogP contribution is -1.93. The Balaban J connectivity index is 2.10. The summed E-state index contributed by atoms with van der Waals surface area (Å²) < 4.78 is 26.3. The molecule has 2 rings (SSSR count). The molecule has 17 heavy (non-hydrogen) atoms. The molecule has 0 saturated carbocycles. The lowest BCUT2D eigenvalue weighted by Gasteiger charge is -2.03. The molecule has 0 aliphatic carbocycles. The number of aromatic nitrogens is 2. The molecule has 0 saturated heterocycles. The van der Waals surface area contributed by atoms with Crippen molar-refractivity contribution in [1.29, 1.82) is 0 Å². The van der Waals surface area contributed by atoms with Crippen molar-refractivity contribution in [2.75, 3.05) is 0 Å². The van der Waals surface area contributed by atoms with Crippen molar-refractivity contribution in [1.82, 2.24) is 9.97 Å². The van der Waals surface area contributed by atoms with Crippen molar-refractivity contribution >= 4 is 23.4 Å². The summed E-state index contributed by atoms with van der Waals surface area (Å²) in [6, 6.07) is 5.62. The van der Waals surface area contributed by atoms with Crippen LogP contribution in [0.5, 0.6) is 0 Å². The van der Waals surface area contributed by atoms with Gasteiger partial charge in [-0.2, -0.15) is 0 Å². The zero-order valence-electron chi connectivity index (χ0n) is 8.53. The summed E-state index contributed by atoms with van der Waals surface area (Å²) in [4.78, 5) is 7.90. The summed E-state index contributed by atoms with van der Waals surface area (Å²) in [7, 11) is 0. The van der Waals surface area contributed by atoms with Crippen molar-refractivity contribution in [3.63, 3.8) is 0 Å². The van der Waals surface area contributed by atoms with Crippen LogP contribution in [-0.4, -0.2) is 9.97 Å². The summed E-state index contributed by atoms with van der Waals surface area (Å²) in [5.74, 6) is -1.43. The van der Waals surface area contributed by atoms with E-state index in [1.807, 2.05) is 0 Å². The van der Waals surface area contributed by atoms with E-state index in [-0.39, 0.29) is 11.3 Å². The van der Waals surface area contributed by atoms with E-state index in [1.54, 1.807) is 6.07 Å². The molecule has 2 nitrogen and oxygen atoms in total. The second-order valence-corrected chi connectivity index (χ2v) is 4.49. The Morgan fingerprint density at radius 2 is 2.06 bits per heavy atom. The standard InChI is InChI=1S/C11H7ClF2N2S/c12-9-4-5-15-11(16-9)17-6-7-2-1-3-8(13)10(7)14/h1-5H,6H2. The average Bonchev–Trinajstić information content (AvgIpc) is 2.31. The second kappa shape index (κ2) is 5.42. The number of rotatable bonds is 3.